The quantitative estimate of drug-likeness (QED) is 0.404. The van der Waals surface area contributed by atoms with E-state index < -0.39 is 11.8 Å². The summed E-state index contributed by atoms with van der Waals surface area (Å²) in [4.78, 5) is 42.7. The van der Waals surface area contributed by atoms with Crippen LogP contribution >= 0.6 is 0 Å². The predicted octanol–water partition coefficient (Wildman–Crippen LogP) is 2.97. The summed E-state index contributed by atoms with van der Waals surface area (Å²) in [6.07, 6.45) is 1.52. The third-order valence-corrected chi connectivity index (χ3v) is 5.40. The number of nitrogens with zero attached hydrogens (tertiary/aromatic N) is 3. The number of fused-ring (bicyclic) bond motifs is 2. The Kier molecular flexibility index (Phi) is 5.35. The molecule has 0 spiro atoms. The maximum Gasteiger partial charge on any atom is 0.275 e. The second kappa shape index (κ2) is 8.62. The van der Waals surface area contributed by atoms with E-state index >= 15 is 0 Å². The molecule has 0 aliphatic carbocycles. The molecule has 0 saturated carbocycles. The Labute approximate surface area is 193 Å². The number of rotatable bonds is 4. The van der Waals surface area contributed by atoms with Crippen LogP contribution in [-0.4, -0.2) is 26.6 Å². The molecule has 2 N–H and O–H groups in total. The van der Waals surface area contributed by atoms with Crippen molar-refractivity contribution < 1.29 is 14.0 Å². The molecule has 0 saturated heterocycles. The smallest absolute Gasteiger partial charge is 0.275 e. The zero-order valence-corrected chi connectivity index (χ0v) is 18.1. The molecule has 34 heavy (non-hydrogen) atoms. The van der Waals surface area contributed by atoms with Crippen LogP contribution in [0.15, 0.2) is 82.2 Å². The summed E-state index contributed by atoms with van der Waals surface area (Å²) in [5.74, 6) is -0.613. The first-order valence-electron chi connectivity index (χ1n) is 10.5. The highest BCUT2D eigenvalue weighted by Crippen LogP contribution is 2.25. The van der Waals surface area contributed by atoms with E-state index in [1.54, 1.807) is 61.5 Å². The summed E-state index contributed by atoms with van der Waals surface area (Å²) in [7, 11) is 0. The lowest BCUT2D eigenvalue weighted by Gasteiger charge is -2.12. The molecule has 5 aromatic rings. The minimum absolute atomic E-state index is 0.314. The molecule has 0 bridgehead atoms. The van der Waals surface area contributed by atoms with E-state index in [4.69, 9.17) is 4.42 Å². The Balaban J connectivity index is 1.37. The zero-order valence-electron chi connectivity index (χ0n) is 18.1. The summed E-state index contributed by atoms with van der Waals surface area (Å²) in [6.45, 7) is 1.42. The Morgan fingerprint density at radius 1 is 0.941 bits per heavy atom. The van der Waals surface area contributed by atoms with Crippen molar-refractivity contribution in [1.29, 1.82) is 0 Å². The van der Waals surface area contributed by atoms with Crippen LogP contribution in [0.3, 0.4) is 0 Å². The van der Waals surface area contributed by atoms with Crippen molar-refractivity contribution >= 4 is 33.5 Å². The molecule has 0 radical (unpaired) electrons. The fourth-order valence-corrected chi connectivity index (χ4v) is 3.79. The molecule has 0 fully saturated rings. The third kappa shape index (κ3) is 3.90. The van der Waals surface area contributed by atoms with Gasteiger partial charge in [0.25, 0.3) is 17.4 Å². The van der Waals surface area contributed by atoms with Crippen LogP contribution in [0.2, 0.25) is 0 Å². The van der Waals surface area contributed by atoms with Gasteiger partial charge in [0.1, 0.15) is 12.2 Å². The van der Waals surface area contributed by atoms with Gasteiger partial charge in [-0.3, -0.25) is 25.2 Å². The highest BCUT2D eigenvalue weighted by molar-refractivity contribution is 6.07. The molecule has 0 aliphatic heterocycles. The molecular formula is C25H19N5O4. The van der Waals surface area contributed by atoms with Gasteiger partial charge in [-0.15, -0.1) is 0 Å². The number of carbonyl (C=O) groups excluding carboxylic acids is 2. The monoisotopic (exact) mass is 453 g/mol. The van der Waals surface area contributed by atoms with E-state index in [2.05, 4.69) is 20.9 Å². The number of aryl methyl sites for hydroxylation is 1. The van der Waals surface area contributed by atoms with Crippen molar-refractivity contribution in [2.24, 2.45) is 0 Å². The highest BCUT2D eigenvalue weighted by atomic mass is 16.3. The number of pyridine rings is 1. The first-order valence-corrected chi connectivity index (χ1v) is 10.5. The number of hydrogen-bond acceptors (Lipinski definition) is 6. The maximum atomic E-state index is 13.0. The third-order valence-electron chi connectivity index (χ3n) is 5.40. The molecule has 168 valence electrons. The molecule has 3 heterocycles. The first-order chi connectivity index (χ1) is 16.5. The fourth-order valence-electron chi connectivity index (χ4n) is 3.79. The number of aromatic nitrogens is 3. The average Bonchev–Trinajstić information content (AvgIpc) is 3.40. The zero-order chi connectivity index (χ0) is 23.7. The van der Waals surface area contributed by atoms with E-state index in [1.165, 1.54) is 6.26 Å². The average molecular weight is 453 g/mol. The molecule has 0 unspecified atom stereocenters. The van der Waals surface area contributed by atoms with Gasteiger partial charge in [0.15, 0.2) is 5.76 Å². The predicted molar refractivity (Wildman–Crippen MR) is 126 cm³/mol. The van der Waals surface area contributed by atoms with Gasteiger partial charge < -0.3 is 4.42 Å². The lowest BCUT2D eigenvalue weighted by atomic mass is 10.1. The molecule has 0 aliphatic rings. The van der Waals surface area contributed by atoms with E-state index in [9.17, 15) is 14.4 Å². The van der Waals surface area contributed by atoms with Crippen LogP contribution in [0.1, 0.15) is 16.1 Å². The Bertz CT molecular complexity index is 1610. The summed E-state index contributed by atoms with van der Waals surface area (Å²) >= 11 is 0. The number of furan rings is 1. The summed E-state index contributed by atoms with van der Waals surface area (Å²) in [6, 6.07) is 19.3. The standard InChI is InChI=1S/C25H19N5O4/c1-15-16-7-2-3-9-18(16)25(33)30(29-15)14-23(31)27-28-24(32)19-13-21(22-11-6-12-34-22)26-20-10-5-4-8-17(19)20/h2-13H,14H2,1H3,(H,27,31)(H,28,32). The molecule has 2 amide bonds. The molecule has 9 heteroatoms. The maximum absolute atomic E-state index is 13.0. The van der Waals surface area contributed by atoms with Crippen molar-refractivity contribution in [2.45, 2.75) is 13.5 Å². The SMILES string of the molecule is Cc1nn(CC(=O)NNC(=O)c2cc(-c3ccco3)nc3ccccc23)c(=O)c2ccccc12. The summed E-state index contributed by atoms with van der Waals surface area (Å²) in [5, 5.41) is 6.04. The molecule has 2 aromatic carbocycles. The Morgan fingerprint density at radius 3 is 2.44 bits per heavy atom. The molecular weight excluding hydrogens is 434 g/mol. The van der Waals surface area contributed by atoms with Gasteiger partial charge in [-0.25, -0.2) is 9.67 Å². The lowest BCUT2D eigenvalue weighted by Crippen LogP contribution is -2.44. The summed E-state index contributed by atoms with van der Waals surface area (Å²) < 4.78 is 6.50. The molecule has 9 nitrogen and oxygen atoms in total. The van der Waals surface area contributed by atoms with Crippen LogP contribution in [0.5, 0.6) is 0 Å². The van der Waals surface area contributed by atoms with E-state index in [0.29, 0.717) is 39.0 Å². The number of carbonyl (C=O) groups is 2. The van der Waals surface area contributed by atoms with Gasteiger partial charge in [0.2, 0.25) is 0 Å². The van der Waals surface area contributed by atoms with Crippen LogP contribution in [-0.2, 0) is 11.3 Å². The number of hydrazine groups is 1. The van der Waals surface area contributed by atoms with Crippen LogP contribution in [0, 0.1) is 6.92 Å². The van der Waals surface area contributed by atoms with Gasteiger partial charge in [0.05, 0.1) is 28.4 Å². The fraction of sp³-hybridized carbons (Fsp3) is 0.0800. The second-order valence-corrected chi connectivity index (χ2v) is 7.65. The number of hydrogen-bond donors (Lipinski definition) is 2. The number of benzene rings is 2. The lowest BCUT2D eigenvalue weighted by molar-refractivity contribution is -0.122. The molecule has 3 aromatic heterocycles. The number of para-hydroxylation sites is 1. The van der Waals surface area contributed by atoms with Gasteiger partial charge in [-0.1, -0.05) is 36.4 Å². The number of nitrogens with one attached hydrogen (secondary N) is 2. The minimum atomic E-state index is -0.595. The van der Waals surface area contributed by atoms with Gasteiger partial charge in [0, 0.05) is 10.8 Å². The normalized spacial score (nSPS) is 11.0. The first kappa shape index (κ1) is 21.1. The van der Waals surface area contributed by atoms with Crippen molar-refractivity contribution in [3.05, 3.63) is 94.6 Å². The van der Waals surface area contributed by atoms with Crippen LogP contribution < -0.4 is 16.4 Å². The van der Waals surface area contributed by atoms with Gasteiger partial charge >= 0.3 is 0 Å². The molecule has 0 atom stereocenters. The number of amides is 2. The van der Waals surface area contributed by atoms with E-state index in [0.717, 1.165) is 10.1 Å². The Morgan fingerprint density at radius 2 is 1.68 bits per heavy atom. The topological polar surface area (TPSA) is 119 Å². The van der Waals surface area contributed by atoms with Crippen molar-refractivity contribution in [3.8, 4) is 11.5 Å². The van der Waals surface area contributed by atoms with Gasteiger partial charge in [-0.2, -0.15) is 5.10 Å². The van der Waals surface area contributed by atoms with Crippen molar-refractivity contribution in [1.82, 2.24) is 25.6 Å². The van der Waals surface area contributed by atoms with Crippen molar-refractivity contribution in [2.75, 3.05) is 0 Å². The van der Waals surface area contributed by atoms with Crippen molar-refractivity contribution in [3.63, 3.8) is 0 Å². The Hall–Kier alpha value is -4.79. The van der Waals surface area contributed by atoms with E-state index in [-0.39, 0.29) is 12.1 Å². The summed E-state index contributed by atoms with van der Waals surface area (Å²) in [5.41, 5.74) is 6.43. The van der Waals surface area contributed by atoms with Crippen LogP contribution in [0.25, 0.3) is 33.1 Å². The minimum Gasteiger partial charge on any atom is -0.463 e. The van der Waals surface area contributed by atoms with E-state index in [1.807, 2.05) is 12.1 Å². The second-order valence-electron chi connectivity index (χ2n) is 7.65. The highest BCUT2D eigenvalue weighted by Gasteiger charge is 2.16. The van der Waals surface area contributed by atoms with Crippen LogP contribution in [0.4, 0.5) is 0 Å². The largest absolute Gasteiger partial charge is 0.463 e. The molecule has 5 rings (SSSR count). The van der Waals surface area contributed by atoms with Gasteiger partial charge in [-0.05, 0) is 37.3 Å².